The van der Waals surface area contributed by atoms with Gasteiger partial charge in [0, 0.05) is 12.6 Å². The molecule has 1 aromatic rings. The summed E-state index contributed by atoms with van der Waals surface area (Å²) in [7, 11) is 3.11. The Morgan fingerprint density at radius 2 is 2.11 bits per heavy atom. The van der Waals surface area contributed by atoms with E-state index in [0.29, 0.717) is 12.5 Å². The van der Waals surface area contributed by atoms with Crippen LogP contribution in [0.15, 0.2) is 18.2 Å². The summed E-state index contributed by atoms with van der Waals surface area (Å²) < 4.78 is 10.7. The monoisotopic (exact) mass is 266 g/mol. The van der Waals surface area contributed by atoms with Gasteiger partial charge < -0.3 is 9.47 Å². The first kappa shape index (κ1) is 15.5. The Morgan fingerprint density at radius 1 is 1.42 bits per heavy atom. The standard InChI is InChI=1S/C14H22N2O3/c1-10(2)11-5-6-13(18-4)12(7-11)8-19-9-14(17)16(3)15/h5-7,10H,8-9,15H2,1-4H3. The minimum Gasteiger partial charge on any atom is -0.496 e. The van der Waals surface area contributed by atoms with Crippen LogP contribution < -0.4 is 10.6 Å². The highest BCUT2D eigenvalue weighted by Crippen LogP contribution is 2.24. The second-order valence-corrected chi connectivity index (χ2v) is 4.72. The molecule has 1 aromatic carbocycles. The molecule has 0 aliphatic rings. The smallest absolute Gasteiger partial charge is 0.262 e. The molecule has 2 N–H and O–H groups in total. The molecule has 19 heavy (non-hydrogen) atoms. The summed E-state index contributed by atoms with van der Waals surface area (Å²) >= 11 is 0. The molecule has 0 heterocycles. The van der Waals surface area contributed by atoms with Crippen molar-refractivity contribution in [2.75, 3.05) is 20.8 Å². The van der Waals surface area contributed by atoms with E-state index in [1.54, 1.807) is 7.11 Å². The number of carbonyl (C=O) groups excluding carboxylic acids is 1. The number of nitrogens with zero attached hydrogens (tertiary/aromatic N) is 1. The molecule has 0 saturated heterocycles. The molecule has 0 aromatic heterocycles. The molecule has 0 aliphatic heterocycles. The van der Waals surface area contributed by atoms with E-state index >= 15 is 0 Å². The van der Waals surface area contributed by atoms with Crippen molar-refractivity contribution >= 4 is 5.91 Å². The Kier molecular flexibility index (Phi) is 5.79. The van der Waals surface area contributed by atoms with Crippen LogP contribution in [-0.2, 0) is 16.1 Å². The van der Waals surface area contributed by atoms with E-state index in [-0.39, 0.29) is 12.5 Å². The van der Waals surface area contributed by atoms with Gasteiger partial charge in [-0.05, 0) is 23.6 Å². The van der Waals surface area contributed by atoms with E-state index < -0.39 is 0 Å². The zero-order valence-corrected chi connectivity index (χ0v) is 12.0. The van der Waals surface area contributed by atoms with Crippen LogP contribution in [0, 0.1) is 0 Å². The van der Waals surface area contributed by atoms with Crippen molar-refractivity contribution in [1.82, 2.24) is 5.01 Å². The van der Waals surface area contributed by atoms with Crippen molar-refractivity contribution < 1.29 is 14.3 Å². The second-order valence-electron chi connectivity index (χ2n) is 4.72. The number of hydrogen-bond acceptors (Lipinski definition) is 4. The SMILES string of the molecule is COc1ccc(C(C)C)cc1COCC(=O)N(C)N. The van der Waals surface area contributed by atoms with E-state index in [2.05, 4.69) is 13.8 Å². The van der Waals surface area contributed by atoms with Crippen LogP contribution in [-0.4, -0.2) is 31.7 Å². The maximum Gasteiger partial charge on any atom is 0.262 e. The number of benzene rings is 1. The third-order valence-electron chi connectivity index (χ3n) is 2.85. The zero-order valence-electron chi connectivity index (χ0n) is 12.0. The molecule has 0 unspecified atom stereocenters. The molecule has 106 valence electrons. The number of hydrogen-bond donors (Lipinski definition) is 1. The van der Waals surface area contributed by atoms with Crippen LogP contribution >= 0.6 is 0 Å². The Morgan fingerprint density at radius 3 is 2.63 bits per heavy atom. The quantitative estimate of drug-likeness (QED) is 0.483. The van der Waals surface area contributed by atoms with Crippen LogP contribution in [0.2, 0.25) is 0 Å². The minimum atomic E-state index is -0.265. The minimum absolute atomic E-state index is 0.0396. The fraction of sp³-hybridized carbons (Fsp3) is 0.500. The first-order valence-electron chi connectivity index (χ1n) is 6.21. The molecule has 1 rings (SSSR count). The zero-order chi connectivity index (χ0) is 14.4. The van der Waals surface area contributed by atoms with Crippen molar-refractivity contribution in [3.05, 3.63) is 29.3 Å². The lowest BCUT2D eigenvalue weighted by Crippen LogP contribution is -2.35. The van der Waals surface area contributed by atoms with Gasteiger partial charge in [-0.25, -0.2) is 5.84 Å². The number of nitrogens with two attached hydrogens (primary N) is 1. The number of carbonyl (C=O) groups is 1. The topological polar surface area (TPSA) is 64.8 Å². The van der Waals surface area contributed by atoms with Crippen LogP contribution in [0.25, 0.3) is 0 Å². The summed E-state index contributed by atoms with van der Waals surface area (Å²) in [4.78, 5) is 11.3. The van der Waals surface area contributed by atoms with Crippen molar-refractivity contribution in [2.45, 2.75) is 26.4 Å². The lowest BCUT2D eigenvalue weighted by Gasteiger charge is -2.14. The molecule has 0 atom stereocenters. The van der Waals surface area contributed by atoms with Crippen molar-refractivity contribution in [1.29, 1.82) is 0 Å². The third kappa shape index (κ3) is 4.54. The molecular formula is C14H22N2O3. The largest absolute Gasteiger partial charge is 0.496 e. The number of ether oxygens (including phenoxy) is 2. The van der Waals surface area contributed by atoms with Crippen LogP contribution in [0.5, 0.6) is 5.75 Å². The first-order valence-corrected chi connectivity index (χ1v) is 6.21. The Balaban J connectivity index is 2.70. The number of rotatable bonds is 6. The molecular weight excluding hydrogens is 244 g/mol. The highest BCUT2D eigenvalue weighted by atomic mass is 16.5. The summed E-state index contributed by atoms with van der Waals surface area (Å²) in [5.74, 6) is 6.24. The van der Waals surface area contributed by atoms with Gasteiger partial charge in [0.1, 0.15) is 12.4 Å². The summed E-state index contributed by atoms with van der Waals surface area (Å²) in [5.41, 5.74) is 2.14. The van der Waals surface area contributed by atoms with Gasteiger partial charge in [-0.2, -0.15) is 0 Å². The molecule has 5 nitrogen and oxygen atoms in total. The second kappa shape index (κ2) is 7.11. The number of methoxy groups -OCH3 is 1. The predicted octanol–water partition coefficient (Wildman–Crippen LogP) is 1.67. The Labute approximate surface area is 114 Å². The first-order chi connectivity index (χ1) is 8.95. The van der Waals surface area contributed by atoms with Gasteiger partial charge in [0.25, 0.3) is 5.91 Å². The van der Waals surface area contributed by atoms with Crippen molar-refractivity contribution in [2.24, 2.45) is 5.84 Å². The number of likely N-dealkylation sites (N-methyl/N-ethyl adjacent to an activating group) is 1. The highest BCUT2D eigenvalue weighted by molar-refractivity contribution is 5.76. The summed E-state index contributed by atoms with van der Waals surface area (Å²) in [6.07, 6.45) is 0. The van der Waals surface area contributed by atoms with E-state index in [1.165, 1.54) is 12.6 Å². The Bertz CT molecular complexity index is 431. The van der Waals surface area contributed by atoms with E-state index in [4.69, 9.17) is 15.3 Å². The lowest BCUT2D eigenvalue weighted by atomic mass is 10.0. The fourth-order valence-electron chi connectivity index (χ4n) is 1.62. The van der Waals surface area contributed by atoms with Gasteiger partial charge in [-0.1, -0.05) is 19.9 Å². The molecule has 0 bridgehead atoms. The maximum atomic E-state index is 11.3. The highest BCUT2D eigenvalue weighted by Gasteiger charge is 2.09. The molecule has 0 saturated carbocycles. The van der Waals surface area contributed by atoms with E-state index in [1.807, 2.05) is 18.2 Å². The fourth-order valence-corrected chi connectivity index (χ4v) is 1.62. The van der Waals surface area contributed by atoms with Gasteiger partial charge in [0.2, 0.25) is 0 Å². The normalized spacial score (nSPS) is 10.6. The number of amides is 1. The summed E-state index contributed by atoms with van der Waals surface area (Å²) in [6.45, 7) is 4.53. The summed E-state index contributed by atoms with van der Waals surface area (Å²) in [6, 6.07) is 6.00. The van der Waals surface area contributed by atoms with Gasteiger partial charge >= 0.3 is 0 Å². The molecule has 0 aliphatic carbocycles. The van der Waals surface area contributed by atoms with Gasteiger partial charge in [-0.15, -0.1) is 0 Å². The predicted molar refractivity (Wildman–Crippen MR) is 73.7 cm³/mol. The van der Waals surface area contributed by atoms with E-state index in [0.717, 1.165) is 16.3 Å². The van der Waals surface area contributed by atoms with Crippen molar-refractivity contribution in [3.63, 3.8) is 0 Å². The Hall–Kier alpha value is -1.59. The van der Waals surface area contributed by atoms with Gasteiger partial charge in [-0.3, -0.25) is 9.80 Å². The van der Waals surface area contributed by atoms with Crippen LogP contribution in [0.3, 0.4) is 0 Å². The molecule has 1 amide bonds. The molecule has 0 spiro atoms. The van der Waals surface area contributed by atoms with Gasteiger partial charge in [0.05, 0.1) is 13.7 Å². The molecule has 0 fully saturated rings. The molecule has 5 heteroatoms. The van der Waals surface area contributed by atoms with Crippen molar-refractivity contribution in [3.8, 4) is 5.75 Å². The van der Waals surface area contributed by atoms with Gasteiger partial charge in [0.15, 0.2) is 0 Å². The molecule has 0 radical (unpaired) electrons. The average molecular weight is 266 g/mol. The van der Waals surface area contributed by atoms with E-state index in [9.17, 15) is 4.79 Å². The number of hydrazine groups is 1. The summed E-state index contributed by atoms with van der Waals surface area (Å²) in [5, 5.41) is 1.02. The lowest BCUT2D eigenvalue weighted by molar-refractivity contribution is -0.135. The maximum absolute atomic E-state index is 11.3. The van der Waals surface area contributed by atoms with Crippen LogP contribution in [0.1, 0.15) is 30.9 Å². The van der Waals surface area contributed by atoms with Crippen LogP contribution in [0.4, 0.5) is 0 Å². The average Bonchev–Trinajstić information content (AvgIpc) is 2.38. The third-order valence-corrected chi connectivity index (χ3v) is 2.85.